The molecule has 10 heteroatoms. The lowest BCUT2D eigenvalue weighted by molar-refractivity contribution is 0.118. The molecule has 0 saturated carbocycles. The topological polar surface area (TPSA) is 111 Å². The van der Waals surface area contributed by atoms with Gasteiger partial charge >= 0.3 is 0 Å². The van der Waals surface area contributed by atoms with Crippen LogP contribution in [0.2, 0.25) is 0 Å². The van der Waals surface area contributed by atoms with Gasteiger partial charge in [-0.05, 0) is 68.0 Å². The molecule has 192 valence electrons. The number of nitrogens with zero attached hydrogens (tertiary/aromatic N) is 1. The number of hydrogen-bond donors (Lipinski definition) is 2. The first-order valence-electron chi connectivity index (χ1n) is 11.3. The van der Waals surface area contributed by atoms with E-state index >= 15 is 0 Å². The van der Waals surface area contributed by atoms with Crippen LogP contribution in [0, 0.1) is 11.8 Å². The molecule has 0 amide bonds. The van der Waals surface area contributed by atoms with Crippen LogP contribution in [0.5, 0.6) is 11.5 Å². The van der Waals surface area contributed by atoms with Gasteiger partial charge in [0.15, 0.2) is 11.5 Å². The fraction of sp³-hybridized carbons (Fsp3) is 0.739. The number of nitrogens with two attached hydrogens (primary N) is 1. The van der Waals surface area contributed by atoms with Crippen LogP contribution in [0.1, 0.15) is 46.1 Å². The first-order chi connectivity index (χ1) is 15.4. The van der Waals surface area contributed by atoms with Crippen molar-refractivity contribution in [3.63, 3.8) is 0 Å². The molecule has 1 rings (SSSR count). The molecule has 33 heavy (non-hydrogen) atoms. The Labute approximate surface area is 204 Å². The third kappa shape index (κ3) is 9.58. The maximum atomic E-state index is 12.2. The Kier molecular flexibility index (Phi) is 13.0. The Morgan fingerprint density at radius 3 is 2.33 bits per heavy atom. The maximum absolute atomic E-state index is 12.2. The van der Waals surface area contributed by atoms with E-state index in [1.54, 1.807) is 14.2 Å². The van der Waals surface area contributed by atoms with Crippen molar-refractivity contribution in [2.45, 2.75) is 64.4 Å². The summed E-state index contributed by atoms with van der Waals surface area (Å²) in [6.07, 6.45) is 0.940. The van der Waals surface area contributed by atoms with Gasteiger partial charge in [0.2, 0.25) is 10.0 Å². The van der Waals surface area contributed by atoms with E-state index in [-0.39, 0.29) is 12.5 Å². The van der Waals surface area contributed by atoms with Crippen LogP contribution in [0.25, 0.3) is 0 Å². The van der Waals surface area contributed by atoms with E-state index in [0.717, 1.165) is 18.4 Å². The van der Waals surface area contributed by atoms with Gasteiger partial charge in [0, 0.05) is 26.2 Å². The van der Waals surface area contributed by atoms with Crippen molar-refractivity contribution in [1.29, 1.82) is 0 Å². The van der Waals surface area contributed by atoms with Crippen LogP contribution in [0.3, 0.4) is 0 Å². The van der Waals surface area contributed by atoms with E-state index < -0.39 is 27.4 Å². The van der Waals surface area contributed by atoms with Gasteiger partial charge in [-0.2, -0.15) is 0 Å². The van der Waals surface area contributed by atoms with Gasteiger partial charge in [-0.3, -0.25) is 0 Å². The lowest BCUT2D eigenvalue weighted by atomic mass is 9.83. The second-order valence-electron chi connectivity index (χ2n) is 8.92. The van der Waals surface area contributed by atoms with Gasteiger partial charge in [0.25, 0.3) is 0 Å². The number of methoxy groups -OCH3 is 2. The minimum Gasteiger partial charge on any atom is -0.493 e. The standard InChI is InChI=1S/C23H41ClN2O6S/c1-16(2)19(14-20(25)21(27)15-26(24)33(28,29)17(3)4)12-18-8-9-22(31-6)23(13-18)32-11-7-10-30-5/h8-9,13,16-17,19-21,27H,7,10-12,14-15,25H2,1-6H3/t19-,20-,21-/m0/s1. The van der Waals surface area contributed by atoms with E-state index in [2.05, 4.69) is 13.8 Å². The lowest BCUT2D eigenvalue weighted by Crippen LogP contribution is -2.45. The Morgan fingerprint density at radius 1 is 1.12 bits per heavy atom. The Balaban J connectivity index is 2.85. The highest BCUT2D eigenvalue weighted by atomic mass is 35.5. The van der Waals surface area contributed by atoms with Crippen molar-refractivity contribution < 1.29 is 27.7 Å². The third-order valence-electron chi connectivity index (χ3n) is 5.69. The van der Waals surface area contributed by atoms with Gasteiger partial charge in [-0.15, -0.1) is 3.82 Å². The number of aliphatic hydroxyl groups is 1. The average molecular weight is 509 g/mol. The summed E-state index contributed by atoms with van der Waals surface area (Å²) in [6.45, 7) is 8.17. The minimum absolute atomic E-state index is 0.162. The van der Waals surface area contributed by atoms with E-state index in [0.29, 0.717) is 40.9 Å². The molecule has 0 spiro atoms. The number of halogens is 1. The number of aliphatic hydroxyl groups excluding tert-OH is 1. The number of sulfonamides is 1. The summed E-state index contributed by atoms with van der Waals surface area (Å²) in [6, 6.07) is 5.23. The van der Waals surface area contributed by atoms with Crippen LogP contribution >= 0.6 is 11.8 Å². The van der Waals surface area contributed by atoms with Crippen molar-refractivity contribution in [3.05, 3.63) is 23.8 Å². The van der Waals surface area contributed by atoms with Crippen molar-refractivity contribution in [3.8, 4) is 11.5 Å². The van der Waals surface area contributed by atoms with E-state index in [4.69, 9.17) is 31.7 Å². The first-order valence-corrected chi connectivity index (χ1v) is 13.2. The molecule has 0 saturated heterocycles. The van der Waals surface area contributed by atoms with E-state index in [1.807, 2.05) is 18.2 Å². The van der Waals surface area contributed by atoms with Crippen LogP contribution < -0.4 is 15.2 Å². The first kappa shape index (κ1) is 29.9. The summed E-state index contributed by atoms with van der Waals surface area (Å²) >= 11 is 5.94. The molecule has 3 atom stereocenters. The molecule has 1 aromatic carbocycles. The fourth-order valence-electron chi connectivity index (χ4n) is 3.36. The zero-order valence-corrected chi connectivity index (χ0v) is 22.2. The normalized spacial score (nSPS) is 15.2. The second-order valence-corrected chi connectivity index (χ2v) is 11.9. The zero-order chi connectivity index (χ0) is 25.2. The van der Waals surface area contributed by atoms with Gasteiger partial charge in [0.1, 0.15) is 0 Å². The molecule has 0 aliphatic rings. The Bertz CT molecular complexity index is 806. The summed E-state index contributed by atoms with van der Waals surface area (Å²) in [4.78, 5) is 0. The highest BCUT2D eigenvalue weighted by molar-refractivity contribution is 7.90. The smallest absolute Gasteiger partial charge is 0.229 e. The Hall–Kier alpha value is -1.10. The lowest BCUT2D eigenvalue weighted by Gasteiger charge is -2.29. The maximum Gasteiger partial charge on any atom is 0.229 e. The molecular formula is C23H41ClN2O6S. The molecule has 0 aliphatic carbocycles. The van der Waals surface area contributed by atoms with Crippen LogP contribution in [0.4, 0.5) is 0 Å². The van der Waals surface area contributed by atoms with E-state index in [9.17, 15) is 13.5 Å². The number of hydrogen-bond acceptors (Lipinski definition) is 7. The number of ether oxygens (including phenoxy) is 3. The van der Waals surface area contributed by atoms with Crippen LogP contribution in [0.15, 0.2) is 18.2 Å². The van der Waals surface area contributed by atoms with Crippen molar-refractivity contribution in [1.82, 2.24) is 3.82 Å². The average Bonchev–Trinajstić information content (AvgIpc) is 2.75. The number of rotatable bonds is 16. The highest BCUT2D eigenvalue weighted by Crippen LogP contribution is 2.31. The third-order valence-corrected chi connectivity index (χ3v) is 8.30. The summed E-state index contributed by atoms with van der Waals surface area (Å²) in [5, 5.41) is 9.84. The molecule has 0 fully saturated rings. The van der Waals surface area contributed by atoms with Crippen molar-refractivity contribution in [2.75, 3.05) is 34.0 Å². The van der Waals surface area contributed by atoms with Gasteiger partial charge in [0.05, 0.1) is 31.6 Å². The van der Waals surface area contributed by atoms with Gasteiger partial charge in [-0.25, -0.2) is 8.42 Å². The largest absolute Gasteiger partial charge is 0.493 e. The molecule has 0 heterocycles. The summed E-state index contributed by atoms with van der Waals surface area (Å²) in [5.41, 5.74) is 7.33. The molecule has 1 aromatic rings. The fourth-order valence-corrected chi connectivity index (χ4v) is 4.80. The minimum atomic E-state index is -3.67. The zero-order valence-electron chi connectivity index (χ0n) is 20.7. The molecule has 0 aliphatic heterocycles. The molecule has 0 unspecified atom stereocenters. The molecular weight excluding hydrogens is 468 g/mol. The van der Waals surface area contributed by atoms with Gasteiger partial charge < -0.3 is 25.1 Å². The number of benzene rings is 1. The molecule has 3 N–H and O–H groups in total. The summed E-state index contributed by atoms with van der Waals surface area (Å²) in [5.74, 6) is 1.80. The van der Waals surface area contributed by atoms with Crippen molar-refractivity contribution >= 4 is 21.8 Å². The van der Waals surface area contributed by atoms with Gasteiger partial charge in [-0.1, -0.05) is 19.9 Å². The predicted molar refractivity (Wildman–Crippen MR) is 132 cm³/mol. The van der Waals surface area contributed by atoms with Crippen molar-refractivity contribution in [2.24, 2.45) is 17.6 Å². The molecule has 0 aromatic heterocycles. The summed E-state index contributed by atoms with van der Waals surface area (Å²) in [7, 11) is -0.411. The van der Waals surface area contributed by atoms with Crippen LogP contribution in [-0.2, 0) is 21.2 Å². The summed E-state index contributed by atoms with van der Waals surface area (Å²) < 4.78 is 41.4. The predicted octanol–water partition coefficient (Wildman–Crippen LogP) is 3.20. The van der Waals surface area contributed by atoms with Crippen LogP contribution in [-0.4, -0.2) is 68.7 Å². The molecule has 0 radical (unpaired) electrons. The quantitative estimate of drug-likeness (QED) is 0.260. The highest BCUT2D eigenvalue weighted by Gasteiger charge is 2.30. The molecule has 0 bridgehead atoms. The SMILES string of the molecule is COCCCOc1cc(C[C@@H](C[C@H](N)[C@@H](O)CN(Cl)S(=O)(=O)C(C)C)C(C)C)ccc1OC. The Morgan fingerprint density at radius 2 is 1.79 bits per heavy atom. The second kappa shape index (κ2) is 14.3. The van der Waals surface area contributed by atoms with E-state index in [1.165, 1.54) is 13.8 Å². The monoisotopic (exact) mass is 508 g/mol. The molecule has 8 nitrogen and oxygen atoms in total.